The number of phenols is 2. The SMILES string of the molecule is C=C(NNC(=O)CNc1ccccc1)c1ccc(O)cc1O. The second kappa shape index (κ2) is 7.03. The Labute approximate surface area is 128 Å². The second-order valence-corrected chi connectivity index (χ2v) is 4.57. The summed E-state index contributed by atoms with van der Waals surface area (Å²) in [4.78, 5) is 11.7. The van der Waals surface area contributed by atoms with Gasteiger partial charge in [0.1, 0.15) is 11.5 Å². The normalized spacial score (nSPS) is 9.82. The topological polar surface area (TPSA) is 93.6 Å². The van der Waals surface area contributed by atoms with Gasteiger partial charge >= 0.3 is 0 Å². The molecule has 6 nitrogen and oxygen atoms in total. The van der Waals surface area contributed by atoms with E-state index in [0.717, 1.165) is 5.69 Å². The number of carbonyl (C=O) groups is 1. The highest BCUT2D eigenvalue weighted by molar-refractivity contribution is 5.81. The number of benzene rings is 2. The lowest BCUT2D eigenvalue weighted by atomic mass is 10.1. The number of anilines is 1. The average Bonchev–Trinajstić information content (AvgIpc) is 2.51. The number of hydrogen-bond donors (Lipinski definition) is 5. The van der Waals surface area contributed by atoms with Crippen LogP contribution >= 0.6 is 0 Å². The summed E-state index contributed by atoms with van der Waals surface area (Å²) >= 11 is 0. The predicted molar refractivity (Wildman–Crippen MR) is 85.0 cm³/mol. The zero-order valence-corrected chi connectivity index (χ0v) is 11.8. The first-order chi connectivity index (χ1) is 10.6. The lowest BCUT2D eigenvalue weighted by Crippen LogP contribution is -2.39. The van der Waals surface area contributed by atoms with Crippen molar-refractivity contribution in [1.29, 1.82) is 0 Å². The second-order valence-electron chi connectivity index (χ2n) is 4.57. The molecule has 0 atom stereocenters. The largest absolute Gasteiger partial charge is 0.508 e. The summed E-state index contributed by atoms with van der Waals surface area (Å²) in [5, 5.41) is 21.9. The molecule has 2 aromatic carbocycles. The van der Waals surface area contributed by atoms with Crippen LogP contribution in [0.4, 0.5) is 5.69 Å². The number of para-hydroxylation sites is 1. The molecule has 0 aliphatic carbocycles. The summed E-state index contributed by atoms with van der Waals surface area (Å²) in [6, 6.07) is 13.4. The lowest BCUT2D eigenvalue weighted by Gasteiger charge is -2.13. The molecule has 5 N–H and O–H groups in total. The summed E-state index contributed by atoms with van der Waals surface area (Å²) in [6.07, 6.45) is 0. The molecule has 1 amide bonds. The molecule has 114 valence electrons. The lowest BCUT2D eigenvalue weighted by molar-refractivity contribution is -0.120. The van der Waals surface area contributed by atoms with Crippen molar-refractivity contribution < 1.29 is 15.0 Å². The monoisotopic (exact) mass is 299 g/mol. The number of rotatable bonds is 6. The van der Waals surface area contributed by atoms with Crippen molar-refractivity contribution in [3.8, 4) is 11.5 Å². The fraction of sp³-hybridized carbons (Fsp3) is 0.0625. The maximum absolute atomic E-state index is 11.7. The van der Waals surface area contributed by atoms with Gasteiger partial charge in [0.25, 0.3) is 5.91 Å². The quantitative estimate of drug-likeness (QED) is 0.524. The van der Waals surface area contributed by atoms with E-state index >= 15 is 0 Å². The molecule has 0 aliphatic rings. The van der Waals surface area contributed by atoms with E-state index in [0.29, 0.717) is 11.3 Å². The van der Waals surface area contributed by atoms with Crippen LogP contribution in [-0.2, 0) is 4.79 Å². The van der Waals surface area contributed by atoms with Crippen molar-refractivity contribution in [2.24, 2.45) is 0 Å². The Morgan fingerprint density at radius 2 is 1.77 bits per heavy atom. The molecule has 0 spiro atoms. The van der Waals surface area contributed by atoms with E-state index in [9.17, 15) is 15.0 Å². The van der Waals surface area contributed by atoms with Crippen molar-refractivity contribution in [2.45, 2.75) is 0 Å². The minimum Gasteiger partial charge on any atom is -0.508 e. The minimum atomic E-state index is -0.289. The van der Waals surface area contributed by atoms with Gasteiger partial charge in [-0.3, -0.25) is 15.6 Å². The molecule has 0 bridgehead atoms. The van der Waals surface area contributed by atoms with E-state index in [1.165, 1.54) is 18.2 Å². The summed E-state index contributed by atoms with van der Waals surface area (Å²) in [5.74, 6) is -0.470. The van der Waals surface area contributed by atoms with E-state index < -0.39 is 0 Å². The minimum absolute atomic E-state index is 0.0508. The van der Waals surface area contributed by atoms with E-state index in [4.69, 9.17) is 0 Å². The molecule has 2 rings (SSSR count). The van der Waals surface area contributed by atoms with Gasteiger partial charge in [0.2, 0.25) is 0 Å². The number of phenolic OH excluding ortho intramolecular Hbond substituents is 2. The van der Waals surface area contributed by atoms with E-state index in [2.05, 4.69) is 22.7 Å². The first-order valence-corrected chi connectivity index (χ1v) is 6.61. The van der Waals surface area contributed by atoms with Gasteiger partial charge in [0, 0.05) is 17.3 Å². The summed E-state index contributed by atoms with van der Waals surface area (Å²) in [5.41, 5.74) is 6.62. The molecule has 0 radical (unpaired) electrons. The summed E-state index contributed by atoms with van der Waals surface area (Å²) < 4.78 is 0. The Bertz CT molecular complexity index is 672. The van der Waals surface area contributed by atoms with Gasteiger partial charge in [-0.1, -0.05) is 24.8 Å². The summed E-state index contributed by atoms with van der Waals surface area (Å²) in [6.45, 7) is 3.81. The molecular weight excluding hydrogens is 282 g/mol. The predicted octanol–water partition coefficient (Wildman–Crippen LogP) is 1.80. The fourth-order valence-electron chi connectivity index (χ4n) is 1.77. The van der Waals surface area contributed by atoms with Gasteiger partial charge < -0.3 is 15.5 Å². The Morgan fingerprint density at radius 3 is 2.45 bits per heavy atom. The van der Waals surface area contributed by atoms with Gasteiger partial charge in [-0.15, -0.1) is 0 Å². The van der Waals surface area contributed by atoms with Gasteiger partial charge in [0.05, 0.1) is 12.2 Å². The van der Waals surface area contributed by atoms with Crippen LogP contribution in [0.2, 0.25) is 0 Å². The smallest absolute Gasteiger partial charge is 0.257 e. The zero-order chi connectivity index (χ0) is 15.9. The zero-order valence-electron chi connectivity index (χ0n) is 11.8. The Balaban J connectivity index is 1.82. The highest BCUT2D eigenvalue weighted by atomic mass is 16.3. The maximum Gasteiger partial charge on any atom is 0.257 e. The van der Waals surface area contributed by atoms with E-state index in [1.54, 1.807) is 0 Å². The molecule has 2 aromatic rings. The van der Waals surface area contributed by atoms with Gasteiger partial charge in [-0.2, -0.15) is 0 Å². The molecule has 0 saturated carbocycles. The molecule has 0 heterocycles. The molecule has 6 heteroatoms. The van der Waals surface area contributed by atoms with Gasteiger partial charge in [-0.25, -0.2) is 0 Å². The number of hydrogen-bond acceptors (Lipinski definition) is 5. The third-order valence-electron chi connectivity index (χ3n) is 2.89. The molecule has 0 saturated heterocycles. The molecule has 0 unspecified atom stereocenters. The van der Waals surface area contributed by atoms with E-state index in [1.807, 2.05) is 30.3 Å². The Kier molecular flexibility index (Phi) is 4.87. The van der Waals surface area contributed by atoms with Crippen LogP contribution in [0.5, 0.6) is 11.5 Å². The van der Waals surface area contributed by atoms with Crippen LogP contribution in [0, 0.1) is 0 Å². The highest BCUT2D eigenvalue weighted by Crippen LogP contribution is 2.26. The van der Waals surface area contributed by atoms with Crippen LogP contribution in [0.3, 0.4) is 0 Å². The third-order valence-corrected chi connectivity index (χ3v) is 2.89. The molecule has 0 aromatic heterocycles. The summed E-state index contributed by atoms with van der Waals surface area (Å²) in [7, 11) is 0. The first kappa shape index (κ1) is 15.2. The molecule has 0 fully saturated rings. The standard InChI is InChI=1S/C16H17N3O3/c1-11(14-8-7-13(20)9-15(14)21)18-19-16(22)10-17-12-5-3-2-4-6-12/h2-9,17-18,20-21H,1,10H2,(H,19,22). The molecule has 22 heavy (non-hydrogen) atoms. The van der Waals surface area contributed by atoms with Crippen LogP contribution in [0.15, 0.2) is 55.1 Å². The number of carbonyl (C=O) groups excluding carboxylic acids is 1. The first-order valence-electron chi connectivity index (χ1n) is 6.61. The van der Waals surface area contributed by atoms with Crippen molar-refractivity contribution in [3.63, 3.8) is 0 Å². The Hall–Kier alpha value is -3.15. The number of aromatic hydroxyl groups is 2. The number of nitrogens with one attached hydrogen (secondary N) is 3. The Morgan fingerprint density at radius 1 is 1.05 bits per heavy atom. The number of hydrazine groups is 1. The fourth-order valence-corrected chi connectivity index (χ4v) is 1.77. The average molecular weight is 299 g/mol. The molecular formula is C16H17N3O3. The van der Waals surface area contributed by atoms with Gasteiger partial charge in [-0.05, 0) is 24.3 Å². The van der Waals surface area contributed by atoms with Crippen LogP contribution in [0.1, 0.15) is 5.56 Å². The maximum atomic E-state index is 11.7. The van der Waals surface area contributed by atoms with Crippen molar-refractivity contribution in [2.75, 3.05) is 11.9 Å². The van der Waals surface area contributed by atoms with Crippen molar-refractivity contribution in [3.05, 3.63) is 60.7 Å². The van der Waals surface area contributed by atoms with Crippen LogP contribution in [0.25, 0.3) is 5.70 Å². The van der Waals surface area contributed by atoms with Crippen LogP contribution in [-0.4, -0.2) is 22.7 Å². The third kappa shape index (κ3) is 4.17. The van der Waals surface area contributed by atoms with Crippen LogP contribution < -0.4 is 16.2 Å². The van der Waals surface area contributed by atoms with Gasteiger partial charge in [0.15, 0.2) is 0 Å². The molecule has 0 aliphatic heterocycles. The highest BCUT2D eigenvalue weighted by Gasteiger charge is 2.07. The van der Waals surface area contributed by atoms with Crippen molar-refractivity contribution >= 4 is 17.3 Å². The van der Waals surface area contributed by atoms with E-state index in [-0.39, 0.29) is 24.0 Å². The van der Waals surface area contributed by atoms with Crippen molar-refractivity contribution in [1.82, 2.24) is 10.9 Å². The number of amides is 1.